The van der Waals surface area contributed by atoms with Crippen molar-refractivity contribution in [2.75, 3.05) is 13.2 Å². The molecule has 6 heteroatoms. The Hall–Kier alpha value is -1.59. The van der Waals surface area contributed by atoms with E-state index in [-0.39, 0.29) is 31.1 Å². The summed E-state index contributed by atoms with van der Waals surface area (Å²) in [6.07, 6.45) is 58.1. The lowest BCUT2D eigenvalue weighted by Gasteiger charge is -2.18. The van der Waals surface area contributed by atoms with E-state index in [1.54, 1.807) is 0 Å². The smallest absolute Gasteiger partial charge is 0.306 e. The maximum Gasteiger partial charge on any atom is 0.306 e. The number of hydrogen-bond donors (Lipinski definition) is 0. The number of rotatable bonds is 55. The van der Waals surface area contributed by atoms with Crippen LogP contribution in [0, 0.1) is 11.8 Å². The van der Waals surface area contributed by atoms with Gasteiger partial charge < -0.3 is 14.2 Å². The van der Waals surface area contributed by atoms with Crippen molar-refractivity contribution < 1.29 is 28.6 Å². The Morgan fingerprint density at radius 2 is 0.493 bits per heavy atom. The van der Waals surface area contributed by atoms with Crippen LogP contribution in [0.15, 0.2) is 0 Å². The Morgan fingerprint density at radius 3 is 0.731 bits per heavy atom. The summed E-state index contributed by atoms with van der Waals surface area (Å²) in [6, 6.07) is 0. The summed E-state index contributed by atoms with van der Waals surface area (Å²) in [5.74, 6) is 0.857. The molecule has 0 aliphatic heterocycles. The fourth-order valence-electron chi connectivity index (χ4n) is 9.40. The van der Waals surface area contributed by atoms with Crippen LogP contribution in [0.5, 0.6) is 0 Å². The van der Waals surface area contributed by atoms with E-state index >= 15 is 0 Å². The highest BCUT2D eigenvalue weighted by molar-refractivity contribution is 5.71. The number of carbonyl (C=O) groups is 3. The predicted molar refractivity (Wildman–Crippen MR) is 289 cm³/mol. The molecule has 0 saturated carbocycles. The van der Waals surface area contributed by atoms with Crippen LogP contribution in [0.25, 0.3) is 0 Å². The van der Waals surface area contributed by atoms with Crippen LogP contribution < -0.4 is 0 Å². The largest absolute Gasteiger partial charge is 0.462 e. The third kappa shape index (κ3) is 55.2. The van der Waals surface area contributed by atoms with Gasteiger partial charge in [0.25, 0.3) is 0 Å². The fourth-order valence-corrected chi connectivity index (χ4v) is 9.40. The molecule has 0 aliphatic carbocycles. The maximum atomic E-state index is 12.8. The van der Waals surface area contributed by atoms with Gasteiger partial charge in [-0.1, -0.05) is 304 Å². The molecule has 0 aliphatic rings. The molecule has 0 aromatic carbocycles. The molecule has 0 aromatic heterocycles. The monoisotopic (exact) mass is 947 g/mol. The molecule has 0 fully saturated rings. The molecule has 0 unspecified atom stereocenters. The van der Waals surface area contributed by atoms with Crippen molar-refractivity contribution in [3.05, 3.63) is 0 Å². The van der Waals surface area contributed by atoms with Crippen LogP contribution in [0.2, 0.25) is 0 Å². The first-order valence-corrected chi connectivity index (χ1v) is 30.2. The van der Waals surface area contributed by atoms with Gasteiger partial charge in [0.2, 0.25) is 0 Å². The fraction of sp³-hybridized carbons (Fsp3) is 0.951. The summed E-state index contributed by atoms with van der Waals surface area (Å²) in [5, 5.41) is 0. The van der Waals surface area contributed by atoms with Gasteiger partial charge in [0.15, 0.2) is 6.10 Å². The number of unbranched alkanes of at least 4 members (excludes halogenated alkanes) is 40. The molecule has 6 nitrogen and oxygen atoms in total. The molecular weight excluding hydrogens is 829 g/mol. The minimum absolute atomic E-state index is 0.0622. The SMILES string of the molecule is CCCCCCCCCCCCCCCC(=O)O[C@@H](COC(=O)CCCCCCCCCCCCCCCCCCCCC(C)C)COC(=O)CCCCCCCCCCCCCCC(C)C. The molecule has 0 N–H and O–H groups in total. The van der Waals surface area contributed by atoms with Crippen molar-refractivity contribution in [2.24, 2.45) is 11.8 Å². The highest BCUT2D eigenvalue weighted by atomic mass is 16.6. The summed E-state index contributed by atoms with van der Waals surface area (Å²) in [7, 11) is 0. The topological polar surface area (TPSA) is 78.9 Å². The lowest BCUT2D eigenvalue weighted by molar-refractivity contribution is -0.167. The molecule has 0 rings (SSSR count). The van der Waals surface area contributed by atoms with Gasteiger partial charge >= 0.3 is 17.9 Å². The van der Waals surface area contributed by atoms with Crippen LogP contribution >= 0.6 is 0 Å². The molecular formula is C61H118O6. The van der Waals surface area contributed by atoms with Crippen molar-refractivity contribution in [3.8, 4) is 0 Å². The van der Waals surface area contributed by atoms with E-state index < -0.39 is 6.10 Å². The lowest BCUT2D eigenvalue weighted by atomic mass is 10.0. The maximum absolute atomic E-state index is 12.8. The number of hydrogen-bond acceptors (Lipinski definition) is 6. The lowest BCUT2D eigenvalue weighted by Crippen LogP contribution is -2.30. The molecule has 0 aromatic rings. The Labute approximate surface area is 418 Å². The zero-order valence-corrected chi connectivity index (χ0v) is 46.0. The van der Waals surface area contributed by atoms with Crippen molar-refractivity contribution >= 4 is 17.9 Å². The summed E-state index contributed by atoms with van der Waals surface area (Å²) >= 11 is 0. The van der Waals surface area contributed by atoms with Gasteiger partial charge in [0, 0.05) is 19.3 Å². The van der Waals surface area contributed by atoms with Gasteiger partial charge in [-0.25, -0.2) is 0 Å². The van der Waals surface area contributed by atoms with Gasteiger partial charge in [-0.3, -0.25) is 14.4 Å². The van der Waals surface area contributed by atoms with Crippen LogP contribution in [0.3, 0.4) is 0 Å². The Morgan fingerprint density at radius 1 is 0.284 bits per heavy atom. The van der Waals surface area contributed by atoms with Gasteiger partial charge in [-0.2, -0.15) is 0 Å². The number of carbonyl (C=O) groups excluding carboxylic acids is 3. The second-order valence-corrected chi connectivity index (χ2v) is 21.9. The van der Waals surface area contributed by atoms with E-state index in [4.69, 9.17) is 14.2 Å². The van der Waals surface area contributed by atoms with Crippen LogP contribution in [0.1, 0.15) is 343 Å². The average molecular weight is 948 g/mol. The van der Waals surface area contributed by atoms with E-state index in [0.29, 0.717) is 19.3 Å². The Bertz CT molecular complexity index is 1020. The van der Waals surface area contributed by atoms with Gasteiger partial charge in [-0.05, 0) is 31.1 Å². The quantitative estimate of drug-likeness (QED) is 0.0343. The first-order valence-electron chi connectivity index (χ1n) is 30.2. The second-order valence-electron chi connectivity index (χ2n) is 21.9. The van der Waals surface area contributed by atoms with Crippen molar-refractivity contribution in [1.82, 2.24) is 0 Å². The molecule has 67 heavy (non-hydrogen) atoms. The molecule has 0 amide bonds. The normalized spacial score (nSPS) is 12.0. The minimum atomic E-state index is -0.762. The van der Waals surface area contributed by atoms with Crippen LogP contribution in [-0.2, 0) is 28.6 Å². The molecule has 398 valence electrons. The van der Waals surface area contributed by atoms with E-state index in [1.165, 1.54) is 231 Å². The van der Waals surface area contributed by atoms with Crippen molar-refractivity contribution in [2.45, 2.75) is 349 Å². The average Bonchev–Trinajstić information content (AvgIpc) is 3.30. The van der Waals surface area contributed by atoms with Crippen molar-refractivity contribution in [1.29, 1.82) is 0 Å². The standard InChI is InChI=1S/C61H118O6/c1-6-7-8-9-10-11-12-19-28-33-38-43-48-53-61(64)67-58(55-66-60(63)52-47-42-37-32-27-23-22-25-30-35-40-45-50-57(4)5)54-65-59(62)51-46-41-36-31-26-21-18-16-14-13-15-17-20-24-29-34-39-44-49-56(2)3/h56-58H,6-55H2,1-5H3/t58-/m0/s1. The van der Waals surface area contributed by atoms with E-state index in [2.05, 4.69) is 34.6 Å². The second kappa shape index (κ2) is 53.8. The third-order valence-corrected chi connectivity index (χ3v) is 14.0. The number of ether oxygens (including phenoxy) is 3. The van der Waals surface area contributed by atoms with E-state index in [1.807, 2.05) is 0 Å². The molecule has 0 saturated heterocycles. The van der Waals surface area contributed by atoms with Crippen LogP contribution in [0.4, 0.5) is 0 Å². The zero-order chi connectivity index (χ0) is 48.9. The minimum Gasteiger partial charge on any atom is -0.462 e. The first kappa shape index (κ1) is 65.4. The summed E-state index contributed by atoms with van der Waals surface area (Å²) in [4.78, 5) is 38.2. The highest BCUT2D eigenvalue weighted by Gasteiger charge is 2.19. The van der Waals surface area contributed by atoms with Crippen LogP contribution in [-0.4, -0.2) is 37.2 Å². The van der Waals surface area contributed by atoms with Gasteiger partial charge in [-0.15, -0.1) is 0 Å². The van der Waals surface area contributed by atoms with E-state index in [0.717, 1.165) is 69.6 Å². The predicted octanol–water partition coefficient (Wildman–Crippen LogP) is 20.0. The molecule has 0 heterocycles. The highest BCUT2D eigenvalue weighted by Crippen LogP contribution is 2.18. The number of esters is 3. The summed E-state index contributed by atoms with van der Waals surface area (Å²) < 4.78 is 16.9. The Kier molecular flexibility index (Phi) is 52.5. The van der Waals surface area contributed by atoms with Gasteiger partial charge in [0.1, 0.15) is 13.2 Å². The van der Waals surface area contributed by atoms with Crippen molar-refractivity contribution in [3.63, 3.8) is 0 Å². The molecule has 0 bridgehead atoms. The summed E-state index contributed by atoms with van der Waals surface area (Å²) in [6.45, 7) is 11.4. The first-order chi connectivity index (χ1) is 32.7. The third-order valence-electron chi connectivity index (χ3n) is 14.0. The zero-order valence-electron chi connectivity index (χ0n) is 46.0. The molecule has 1 atom stereocenters. The molecule has 0 spiro atoms. The van der Waals surface area contributed by atoms with E-state index in [9.17, 15) is 14.4 Å². The Balaban J connectivity index is 4.24. The summed E-state index contributed by atoms with van der Waals surface area (Å²) in [5.41, 5.74) is 0. The van der Waals surface area contributed by atoms with Gasteiger partial charge in [0.05, 0.1) is 0 Å². The molecule has 0 radical (unpaired) electrons.